The third-order valence-corrected chi connectivity index (χ3v) is 4.82. The van der Waals surface area contributed by atoms with Crippen LogP contribution >= 0.6 is 11.8 Å². The van der Waals surface area contributed by atoms with Crippen LogP contribution in [0.1, 0.15) is 18.4 Å². The van der Waals surface area contributed by atoms with E-state index in [1.165, 1.54) is 29.9 Å². The Morgan fingerprint density at radius 1 is 1.30 bits per heavy atom. The molecule has 1 aromatic heterocycles. The van der Waals surface area contributed by atoms with Crippen LogP contribution in [0.25, 0.3) is 0 Å². The van der Waals surface area contributed by atoms with E-state index in [9.17, 15) is 0 Å². The van der Waals surface area contributed by atoms with E-state index in [4.69, 9.17) is 4.74 Å². The van der Waals surface area contributed by atoms with Gasteiger partial charge in [-0.2, -0.15) is 16.9 Å². The number of ether oxygens (including phenoxy) is 1. The van der Waals surface area contributed by atoms with Gasteiger partial charge in [-0.25, -0.2) is 0 Å². The molecule has 1 unspecified atom stereocenters. The van der Waals surface area contributed by atoms with Crippen molar-refractivity contribution in [2.75, 3.05) is 18.1 Å². The molecule has 0 bridgehead atoms. The van der Waals surface area contributed by atoms with Crippen LogP contribution in [-0.2, 0) is 6.54 Å². The molecule has 0 N–H and O–H groups in total. The van der Waals surface area contributed by atoms with E-state index in [1.54, 1.807) is 0 Å². The summed E-state index contributed by atoms with van der Waals surface area (Å²) in [6, 6.07) is 10.4. The molecule has 3 rings (SSSR count). The summed E-state index contributed by atoms with van der Waals surface area (Å²) in [7, 11) is 0. The van der Waals surface area contributed by atoms with Gasteiger partial charge in [0.2, 0.25) is 0 Å². The van der Waals surface area contributed by atoms with Gasteiger partial charge in [0.25, 0.3) is 0 Å². The minimum Gasteiger partial charge on any atom is -0.490 e. The van der Waals surface area contributed by atoms with E-state index < -0.39 is 0 Å². The lowest BCUT2D eigenvalue weighted by Gasteiger charge is -2.20. The van der Waals surface area contributed by atoms with E-state index in [1.807, 2.05) is 34.9 Å². The molecule has 1 aliphatic rings. The van der Waals surface area contributed by atoms with Gasteiger partial charge < -0.3 is 4.74 Å². The molecule has 0 aliphatic carbocycles. The Kier molecular flexibility index (Phi) is 4.64. The number of hydrogen-bond acceptors (Lipinski definition) is 3. The molecule has 0 radical (unpaired) electrons. The second kappa shape index (κ2) is 6.84. The van der Waals surface area contributed by atoms with Crippen LogP contribution in [0, 0.1) is 5.92 Å². The lowest BCUT2D eigenvalue weighted by atomic mass is 10.1. The van der Waals surface area contributed by atoms with Gasteiger partial charge in [-0.05, 0) is 29.9 Å². The number of hydrogen-bond donors (Lipinski definition) is 0. The van der Waals surface area contributed by atoms with Crippen molar-refractivity contribution in [3.63, 3.8) is 0 Å². The molecular formula is C16H20N2OS. The molecule has 0 spiro atoms. The smallest absolute Gasteiger partial charge is 0.157 e. The van der Waals surface area contributed by atoms with Crippen LogP contribution in [0.2, 0.25) is 0 Å². The van der Waals surface area contributed by atoms with Gasteiger partial charge in [0, 0.05) is 5.92 Å². The van der Waals surface area contributed by atoms with E-state index in [-0.39, 0.29) is 0 Å². The largest absolute Gasteiger partial charge is 0.490 e. The van der Waals surface area contributed by atoms with Crippen molar-refractivity contribution in [1.82, 2.24) is 9.78 Å². The van der Waals surface area contributed by atoms with Gasteiger partial charge >= 0.3 is 0 Å². The molecular weight excluding hydrogens is 268 g/mol. The van der Waals surface area contributed by atoms with E-state index in [0.29, 0.717) is 5.92 Å². The van der Waals surface area contributed by atoms with Crippen molar-refractivity contribution in [3.8, 4) is 5.75 Å². The summed E-state index contributed by atoms with van der Waals surface area (Å²) in [6.07, 6.45) is 6.43. The zero-order chi connectivity index (χ0) is 13.6. The first-order valence-electron chi connectivity index (χ1n) is 7.17. The van der Waals surface area contributed by atoms with Crippen LogP contribution < -0.4 is 4.74 Å². The highest BCUT2D eigenvalue weighted by molar-refractivity contribution is 7.99. The molecule has 3 nitrogen and oxygen atoms in total. The number of rotatable bonds is 5. The molecule has 2 aromatic rings. The zero-order valence-electron chi connectivity index (χ0n) is 11.6. The highest BCUT2D eigenvalue weighted by atomic mass is 32.2. The van der Waals surface area contributed by atoms with Crippen molar-refractivity contribution in [2.45, 2.75) is 19.4 Å². The predicted molar refractivity (Wildman–Crippen MR) is 83.3 cm³/mol. The number of nitrogens with zero attached hydrogens (tertiary/aromatic N) is 2. The quantitative estimate of drug-likeness (QED) is 0.843. The third kappa shape index (κ3) is 3.79. The molecule has 20 heavy (non-hydrogen) atoms. The van der Waals surface area contributed by atoms with Gasteiger partial charge in [-0.15, -0.1) is 0 Å². The third-order valence-electron chi connectivity index (χ3n) is 3.54. The zero-order valence-corrected chi connectivity index (χ0v) is 12.4. The Morgan fingerprint density at radius 3 is 3.00 bits per heavy atom. The van der Waals surface area contributed by atoms with Crippen LogP contribution in [-0.4, -0.2) is 27.9 Å². The first-order chi connectivity index (χ1) is 9.90. The van der Waals surface area contributed by atoms with E-state index in [0.717, 1.165) is 18.9 Å². The number of thioether (sulfide) groups is 1. The van der Waals surface area contributed by atoms with Gasteiger partial charge in [-0.1, -0.05) is 30.3 Å². The molecule has 0 saturated carbocycles. The molecule has 1 aromatic carbocycles. The van der Waals surface area contributed by atoms with Gasteiger partial charge in [0.05, 0.1) is 25.5 Å². The Hall–Kier alpha value is -1.42. The van der Waals surface area contributed by atoms with Crippen LogP contribution in [0.15, 0.2) is 42.7 Å². The molecule has 1 atom stereocenters. The molecule has 1 aliphatic heterocycles. The maximum absolute atomic E-state index is 5.87. The van der Waals surface area contributed by atoms with Crippen LogP contribution in [0.3, 0.4) is 0 Å². The fraction of sp³-hybridized carbons (Fsp3) is 0.438. The second-order valence-electron chi connectivity index (χ2n) is 5.25. The lowest BCUT2D eigenvalue weighted by molar-refractivity contribution is 0.252. The first-order valence-corrected chi connectivity index (χ1v) is 8.32. The first kappa shape index (κ1) is 13.6. The Morgan fingerprint density at radius 2 is 2.20 bits per heavy atom. The van der Waals surface area contributed by atoms with Crippen molar-refractivity contribution < 1.29 is 4.74 Å². The molecule has 4 heteroatoms. The number of aromatic nitrogens is 2. The topological polar surface area (TPSA) is 27.1 Å². The predicted octanol–water partition coefficient (Wildman–Crippen LogP) is 3.45. The summed E-state index contributed by atoms with van der Waals surface area (Å²) in [5.74, 6) is 4.13. The van der Waals surface area contributed by atoms with Gasteiger partial charge in [-0.3, -0.25) is 4.68 Å². The van der Waals surface area contributed by atoms with Crippen LogP contribution in [0.4, 0.5) is 0 Å². The van der Waals surface area contributed by atoms with Gasteiger partial charge in [0.15, 0.2) is 5.75 Å². The standard InChI is InChI=1S/C16H20N2OS/c1-2-5-14(6-3-1)10-18-11-16(9-17-18)19-12-15-7-4-8-20-13-15/h1-3,5-6,9,11,15H,4,7-8,10,12-13H2. The highest BCUT2D eigenvalue weighted by Crippen LogP contribution is 2.23. The monoisotopic (exact) mass is 288 g/mol. The van der Waals surface area contributed by atoms with Gasteiger partial charge in [0.1, 0.15) is 0 Å². The normalized spacial score (nSPS) is 18.9. The molecule has 0 amide bonds. The molecule has 2 heterocycles. The highest BCUT2D eigenvalue weighted by Gasteiger charge is 2.14. The summed E-state index contributed by atoms with van der Waals surface area (Å²) < 4.78 is 7.80. The fourth-order valence-electron chi connectivity index (χ4n) is 2.43. The van der Waals surface area contributed by atoms with E-state index in [2.05, 4.69) is 29.4 Å². The maximum atomic E-state index is 5.87. The Bertz CT molecular complexity index is 520. The van der Waals surface area contributed by atoms with Crippen LogP contribution in [0.5, 0.6) is 5.75 Å². The van der Waals surface area contributed by atoms with E-state index >= 15 is 0 Å². The second-order valence-corrected chi connectivity index (χ2v) is 6.40. The molecule has 106 valence electrons. The van der Waals surface area contributed by atoms with Crippen molar-refractivity contribution >= 4 is 11.8 Å². The maximum Gasteiger partial charge on any atom is 0.157 e. The molecule has 1 fully saturated rings. The number of benzene rings is 1. The summed E-state index contributed by atoms with van der Waals surface area (Å²) in [6.45, 7) is 1.62. The average molecular weight is 288 g/mol. The van der Waals surface area contributed by atoms with Crippen molar-refractivity contribution in [3.05, 3.63) is 48.3 Å². The summed E-state index contributed by atoms with van der Waals surface area (Å²) in [4.78, 5) is 0. The average Bonchev–Trinajstić information content (AvgIpc) is 2.95. The molecule has 1 saturated heterocycles. The summed E-state index contributed by atoms with van der Waals surface area (Å²) in [5, 5.41) is 4.36. The minimum absolute atomic E-state index is 0.700. The lowest BCUT2D eigenvalue weighted by Crippen LogP contribution is -2.18. The fourth-order valence-corrected chi connectivity index (χ4v) is 3.56. The Balaban J connectivity index is 1.51. The van der Waals surface area contributed by atoms with Crippen molar-refractivity contribution in [2.24, 2.45) is 5.92 Å². The summed E-state index contributed by atoms with van der Waals surface area (Å²) in [5.41, 5.74) is 1.26. The minimum atomic E-state index is 0.700. The Labute approximate surface area is 124 Å². The van der Waals surface area contributed by atoms with Crippen molar-refractivity contribution in [1.29, 1.82) is 0 Å². The SMILES string of the molecule is c1ccc(Cn2cc(OCC3CCCSC3)cn2)cc1. The summed E-state index contributed by atoms with van der Waals surface area (Å²) >= 11 is 2.04.